The number of hydrogen-bond donors (Lipinski definition) is 1. The highest BCUT2D eigenvalue weighted by molar-refractivity contribution is 7.17. The number of aromatic nitrogens is 2. The zero-order valence-corrected chi connectivity index (χ0v) is 16.3. The van der Waals surface area contributed by atoms with Gasteiger partial charge in [-0.1, -0.05) is 60.1 Å². The number of rotatable bonds is 5. The number of thiophene rings is 1. The molecule has 0 bridgehead atoms. The molecule has 1 amide bonds. The average Bonchev–Trinajstić information content (AvgIpc) is 3.15. The maximum absolute atomic E-state index is 13.0. The molecule has 0 radical (unpaired) electrons. The lowest BCUT2D eigenvalue weighted by Crippen LogP contribution is -2.32. The fourth-order valence-corrected chi connectivity index (χ4v) is 4.07. The lowest BCUT2D eigenvalue weighted by molar-refractivity contribution is -0.121. The van der Waals surface area contributed by atoms with Crippen LogP contribution in [0.2, 0.25) is 5.02 Å². The molecule has 0 aliphatic heterocycles. The predicted molar refractivity (Wildman–Crippen MR) is 113 cm³/mol. The van der Waals surface area contributed by atoms with Crippen molar-refractivity contribution in [1.29, 1.82) is 0 Å². The minimum absolute atomic E-state index is 0.101. The minimum atomic E-state index is -0.278. The van der Waals surface area contributed by atoms with E-state index in [-0.39, 0.29) is 18.0 Å². The van der Waals surface area contributed by atoms with Crippen molar-refractivity contribution < 1.29 is 4.79 Å². The summed E-state index contributed by atoms with van der Waals surface area (Å²) in [5.41, 5.74) is 2.39. The first-order valence-corrected chi connectivity index (χ1v) is 9.91. The second-order valence-electron chi connectivity index (χ2n) is 6.24. The molecular weight excluding hydrogens is 394 g/mol. The van der Waals surface area contributed by atoms with Gasteiger partial charge in [0.05, 0.1) is 11.7 Å². The van der Waals surface area contributed by atoms with Crippen molar-refractivity contribution in [3.8, 4) is 11.1 Å². The van der Waals surface area contributed by atoms with Gasteiger partial charge in [-0.05, 0) is 17.2 Å². The van der Waals surface area contributed by atoms with Gasteiger partial charge in [0.1, 0.15) is 11.4 Å². The maximum atomic E-state index is 13.0. The molecule has 2 heterocycles. The van der Waals surface area contributed by atoms with Crippen molar-refractivity contribution in [3.63, 3.8) is 0 Å². The average molecular weight is 410 g/mol. The summed E-state index contributed by atoms with van der Waals surface area (Å²) >= 11 is 7.53. The third kappa shape index (κ3) is 3.69. The Morgan fingerprint density at radius 1 is 1.11 bits per heavy atom. The van der Waals surface area contributed by atoms with Crippen LogP contribution in [0.3, 0.4) is 0 Å². The molecule has 1 N–H and O–H groups in total. The van der Waals surface area contributed by atoms with Crippen molar-refractivity contribution in [2.45, 2.75) is 13.1 Å². The molecule has 0 fully saturated rings. The van der Waals surface area contributed by atoms with Gasteiger partial charge in [0.15, 0.2) is 0 Å². The van der Waals surface area contributed by atoms with E-state index in [1.54, 1.807) is 6.07 Å². The number of hydrogen-bond acceptors (Lipinski definition) is 4. The molecular formula is C21H16ClN3O2S. The van der Waals surface area contributed by atoms with Crippen LogP contribution in [0.15, 0.2) is 71.1 Å². The van der Waals surface area contributed by atoms with Crippen LogP contribution in [0, 0.1) is 0 Å². The quantitative estimate of drug-likeness (QED) is 0.539. The highest BCUT2D eigenvalue weighted by Gasteiger charge is 2.14. The van der Waals surface area contributed by atoms with Crippen molar-refractivity contribution in [3.05, 3.63) is 87.2 Å². The molecule has 0 saturated heterocycles. The first kappa shape index (κ1) is 18.4. The zero-order valence-electron chi connectivity index (χ0n) is 14.8. The molecule has 0 unspecified atom stereocenters. The Balaban J connectivity index is 1.57. The smallest absolute Gasteiger partial charge is 0.263 e. The van der Waals surface area contributed by atoms with Gasteiger partial charge in [-0.15, -0.1) is 11.3 Å². The van der Waals surface area contributed by atoms with E-state index in [1.807, 2.05) is 53.9 Å². The van der Waals surface area contributed by atoms with E-state index in [0.717, 1.165) is 16.7 Å². The van der Waals surface area contributed by atoms with Gasteiger partial charge in [-0.3, -0.25) is 14.2 Å². The van der Waals surface area contributed by atoms with Crippen molar-refractivity contribution in [1.82, 2.24) is 14.9 Å². The molecule has 4 aromatic rings. The van der Waals surface area contributed by atoms with Gasteiger partial charge in [-0.2, -0.15) is 0 Å². The molecule has 7 heteroatoms. The van der Waals surface area contributed by atoms with Gasteiger partial charge < -0.3 is 5.32 Å². The number of carbonyl (C=O) groups is 1. The Morgan fingerprint density at radius 3 is 2.64 bits per heavy atom. The molecule has 2 aromatic carbocycles. The molecule has 2 aromatic heterocycles. The molecule has 0 spiro atoms. The zero-order chi connectivity index (χ0) is 19.5. The van der Waals surface area contributed by atoms with Crippen LogP contribution in [0.5, 0.6) is 0 Å². The van der Waals surface area contributed by atoms with Crippen LogP contribution < -0.4 is 10.9 Å². The van der Waals surface area contributed by atoms with Gasteiger partial charge >= 0.3 is 0 Å². The van der Waals surface area contributed by atoms with E-state index in [4.69, 9.17) is 11.6 Å². The lowest BCUT2D eigenvalue weighted by Gasteiger charge is -2.09. The summed E-state index contributed by atoms with van der Waals surface area (Å²) in [6.07, 6.45) is 1.42. The Kier molecular flexibility index (Phi) is 5.23. The van der Waals surface area contributed by atoms with E-state index < -0.39 is 0 Å². The Bertz CT molecular complexity index is 1200. The summed E-state index contributed by atoms with van der Waals surface area (Å²) in [6, 6.07) is 17.0. The van der Waals surface area contributed by atoms with Crippen LogP contribution in [-0.2, 0) is 17.9 Å². The molecule has 5 nitrogen and oxygen atoms in total. The molecule has 28 heavy (non-hydrogen) atoms. The normalized spacial score (nSPS) is 10.9. The van der Waals surface area contributed by atoms with E-state index in [0.29, 0.717) is 21.8 Å². The topological polar surface area (TPSA) is 64.0 Å². The van der Waals surface area contributed by atoms with Crippen LogP contribution in [-0.4, -0.2) is 15.5 Å². The molecule has 0 saturated carbocycles. The number of fused-ring (bicyclic) bond motifs is 1. The van der Waals surface area contributed by atoms with Crippen LogP contribution in [0.1, 0.15) is 5.56 Å². The number of carbonyl (C=O) groups excluding carboxylic acids is 1. The number of amides is 1. The number of nitrogens with one attached hydrogen (secondary N) is 1. The third-order valence-corrected chi connectivity index (χ3v) is 5.65. The van der Waals surface area contributed by atoms with Crippen molar-refractivity contribution >= 4 is 39.1 Å². The molecule has 0 aliphatic carbocycles. The fourth-order valence-electron chi connectivity index (χ4n) is 2.96. The van der Waals surface area contributed by atoms with Gasteiger partial charge in [0, 0.05) is 22.5 Å². The van der Waals surface area contributed by atoms with E-state index in [1.165, 1.54) is 22.2 Å². The van der Waals surface area contributed by atoms with E-state index >= 15 is 0 Å². The highest BCUT2D eigenvalue weighted by atomic mass is 35.5. The standard InChI is InChI=1S/C21H16ClN3O2S/c22-17-9-5-4-8-15(17)10-23-18(26)11-25-13-24-20-19(21(25)27)16(12-28-20)14-6-2-1-3-7-14/h1-9,12-13H,10-11H2,(H,23,26). The van der Waals surface area contributed by atoms with Crippen LogP contribution in [0.4, 0.5) is 0 Å². The number of halogens is 1. The molecule has 0 atom stereocenters. The molecule has 4 rings (SSSR count). The SMILES string of the molecule is O=C(Cn1cnc2scc(-c3ccccc3)c2c1=O)NCc1ccccc1Cl. The number of benzene rings is 2. The first-order valence-electron chi connectivity index (χ1n) is 8.65. The van der Waals surface area contributed by atoms with Crippen molar-refractivity contribution in [2.24, 2.45) is 0 Å². The minimum Gasteiger partial charge on any atom is -0.350 e. The number of nitrogens with zero attached hydrogens (tertiary/aromatic N) is 2. The van der Waals surface area contributed by atoms with Gasteiger partial charge in [0.25, 0.3) is 5.56 Å². The van der Waals surface area contributed by atoms with Gasteiger partial charge in [0.2, 0.25) is 5.91 Å². The monoisotopic (exact) mass is 409 g/mol. The maximum Gasteiger partial charge on any atom is 0.263 e. The Hall–Kier alpha value is -2.96. The highest BCUT2D eigenvalue weighted by Crippen LogP contribution is 2.30. The Labute approximate surface area is 170 Å². The molecule has 0 aliphatic rings. The molecule has 140 valence electrons. The summed E-state index contributed by atoms with van der Waals surface area (Å²) < 4.78 is 1.34. The van der Waals surface area contributed by atoms with Crippen molar-refractivity contribution in [2.75, 3.05) is 0 Å². The van der Waals surface area contributed by atoms with Crippen LogP contribution >= 0.6 is 22.9 Å². The summed E-state index contributed by atoms with van der Waals surface area (Å²) in [4.78, 5) is 30.3. The summed E-state index contributed by atoms with van der Waals surface area (Å²) in [6.45, 7) is 0.201. The first-order chi connectivity index (χ1) is 13.6. The largest absolute Gasteiger partial charge is 0.350 e. The second-order valence-corrected chi connectivity index (χ2v) is 7.51. The second kappa shape index (κ2) is 7.96. The van der Waals surface area contributed by atoms with Gasteiger partial charge in [-0.25, -0.2) is 4.98 Å². The predicted octanol–water partition coefficient (Wildman–Crippen LogP) is 4.09. The lowest BCUT2D eigenvalue weighted by atomic mass is 10.1. The van der Waals surface area contributed by atoms with Crippen LogP contribution in [0.25, 0.3) is 21.3 Å². The summed E-state index contributed by atoms with van der Waals surface area (Å²) in [5.74, 6) is -0.278. The van der Waals surface area contributed by atoms with E-state index in [9.17, 15) is 9.59 Å². The fraction of sp³-hybridized carbons (Fsp3) is 0.0952. The summed E-state index contributed by atoms with van der Waals surface area (Å²) in [7, 11) is 0. The third-order valence-electron chi connectivity index (χ3n) is 4.39. The Morgan fingerprint density at radius 2 is 1.86 bits per heavy atom. The summed E-state index contributed by atoms with van der Waals surface area (Å²) in [5, 5.41) is 5.85. The van der Waals surface area contributed by atoms with E-state index in [2.05, 4.69) is 10.3 Å².